The summed E-state index contributed by atoms with van der Waals surface area (Å²) in [6.45, 7) is 0.256. The number of halogens is 1. The van der Waals surface area contributed by atoms with Crippen LogP contribution in [0.15, 0.2) is 42.6 Å². The van der Waals surface area contributed by atoms with Gasteiger partial charge in [0.25, 0.3) is 0 Å². The Bertz CT molecular complexity index is 727. The van der Waals surface area contributed by atoms with Crippen LogP contribution < -0.4 is 4.74 Å². The van der Waals surface area contributed by atoms with Crippen LogP contribution in [0.2, 0.25) is 5.02 Å². The third-order valence-corrected chi connectivity index (χ3v) is 2.86. The number of ether oxygens (including phenoxy) is 1. The van der Waals surface area contributed by atoms with Gasteiger partial charge < -0.3 is 9.84 Å². The Morgan fingerprint density at radius 2 is 2.11 bits per heavy atom. The Morgan fingerprint density at radius 3 is 2.95 bits per heavy atom. The molecule has 96 valence electrons. The normalized spacial score (nSPS) is 10.8. The lowest BCUT2D eigenvalue weighted by atomic mass is 10.3. The Morgan fingerprint density at radius 1 is 1.21 bits per heavy atom. The number of aromatic hydroxyl groups is 1. The van der Waals surface area contributed by atoms with Gasteiger partial charge in [0.1, 0.15) is 18.1 Å². The molecule has 0 aliphatic rings. The van der Waals surface area contributed by atoms with Crippen molar-refractivity contribution < 1.29 is 9.84 Å². The van der Waals surface area contributed by atoms with Crippen LogP contribution >= 0.6 is 11.6 Å². The molecule has 3 rings (SSSR count). The molecule has 6 heteroatoms. The van der Waals surface area contributed by atoms with E-state index in [4.69, 9.17) is 16.3 Å². The Hall–Kier alpha value is -2.27. The van der Waals surface area contributed by atoms with E-state index in [0.717, 1.165) is 0 Å². The summed E-state index contributed by atoms with van der Waals surface area (Å²) >= 11 is 5.88. The number of hydrogen-bond donors (Lipinski definition) is 1. The molecular formula is C13H10ClN3O2. The minimum absolute atomic E-state index is 0.162. The molecule has 3 aromatic rings. The maximum atomic E-state index is 9.34. The molecule has 19 heavy (non-hydrogen) atoms. The van der Waals surface area contributed by atoms with E-state index in [2.05, 4.69) is 10.2 Å². The zero-order chi connectivity index (χ0) is 13.2. The SMILES string of the molecule is Oc1cccc(OCc2nnc3cc(Cl)ccn23)c1. The molecule has 0 aliphatic carbocycles. The van der Waals surface area contributed by atoms with Crippen molar-refractivity contribution in [3.8, 4) is 11.5 Å². The predicted octanol–water partition coefficient (Wildman–Crippen LogP) is 2.67. The van der Waals surface area contributed by atoms with Gasteiger partial charge in [-0.3, -0.25) is 4.40 Å². The van der Waals surface area contributed by atoms with E-state index in [9.17, 15) is 5.11 Å². The van der Waals surface area contributed by atoms with Gasteiger partial charge in [-0.25, -0.2) is 0 Å². The maximum absolute atomic E-state index is 9.34. The van der Waals surface area contributed by atoms with Gasteiger partial charge in [-0.1, -0.05) is 17.7 Å². The topological polar surface area (TPSA) is 59.7 Å². The van der Waals surface area contributed by atoms with Gasteiger partial charge in [0, 0.05) is 23.4 Å². The van der Waals surface area contributed by atoms with E-state index >= 15 is 0 Å². The van der Waals surface area contributed by atoms with Gasteiger partial charge >= 0.3 is 0 Å². The largest absolute Gasteiger partial charge is 0.508 e. The fraction of sp³-hybridized carbons (Fsp3) is 0.0769. The van der Waals surface area contributed by atoms with Crippen molar-refractivity contribution in [2.75, 3.05) is 0 Å². The van der Waals surface area contributed by atoms with Crippen LogP contribution in [0.25, 0.3) is 5.65 Å². The summed E-state index contributed by atoms with van der Waals surface area (Å²) in [5.41, 5.74) is 0.669. The van der Waals surface area contributed by atoms with Crippen LogP contribution in [0.3, 0.4) is 0 Å². The van der Waals surface area contributed by atoms with Crippen molar-refractivity contribution in [2.24, 2.45) is 0 Å². The zero-order valence-electron chi connectivity index (χ0n) is 9.82. The summed E-state index contributed by atoms with van der Waals surface area (Å²) in [7, 11) is 0. The fourth-order valence-electron chi connectivity index (χ4n) is 1.74. The Labute approximate surface area is 114 Å². The van der Waals surface area contributed by atoms with E-state index in [-0.39, 0.29) is 12.4 Å². The number of fused-ring (bicyclic) bond motifs is 1. The monoisotopic (exact) mass is 275 g/mol. The van der Waals surface area contributed by atoms with Gasteiger partial charge in [-0.15, -0.1) is 10.2 Å². The second kappa shape index (κ2) is 4.78. The number of pyridine rings is 1. The zero-order valence-corrected chi connectivity index (χ0v) is 10.6. The van der Waals surface area contributed by atoms with E-state index < -0.39 is 0 Å². The molecule has 2 heterocycles. The lowest BCUT2D eigenvalue weighted by molar-refractivity contribution is 0.293. The summed E-state index contributed by atoms with van der Waals surface area (Å²) in [6, 6.07) is 10.1. The van der Waals surface area contributed by atoms with Crippen LogP contribution in [0.4, 0.5) is 0 Å². The summed E-state index contributed by atoms with van der Waals surface area (Å²) in [5.74, 6) is 1.40. The molecule has 1 N–H and O–H groups in total. The highest BCUT2D eigenvalue weighted by Gasteiger charge is 2.06. The fourth-order valence-corrected chi connectivity index (χ4v) is 1.89. The lowest BCUT2D eigenvalue weighted by Crippen LogP contribution is -2.01. The minimum Gasteiger partial charge on any atom is -0.508 e. The smallest absolute Gasteiger partial charge is 0.175 e. The van der Waals surface area contributed by atoms with E-state index in [0.29, 0.717) is 22.2 Å². The van der Waals surface area contributed by atoms with Gasteiger partial charge in [-0.2, -0.15) is 0 Å². The Balaban J connectivity index is 1.82. The second-order valence-corrected chi connectivity index (χ2v) is 4.41. The van der Waals surface area contributed by atoms with Crippen molar-refractivity contribution >= 4 is 17.2 Å². The molecule has 0 bridgehead atoms. The molecular weight excluding hydrogens is 266 g/mol. The van der Waals surface area contributed by atoms with E-state index in [1.807, 2.05) is 0 Å². The molecule has 0 aliphatic heterocycles. The third kappa shape index (κ3) is 2.46. The quantitative estimate of drug-likeness (QED) is 0.798. The summed E-state index contributed by atoms with van der Waals surface area (Å²) < 4.78 is 7.35. The van der Waals surface area contributed by atoms with Crippen LogP contribution in [0.5, 0.6) is 11.5 Å². The molecule has 0 saturated carbocycles. The molecule has 0 radical (unpaired) electrons. The second-order valence-electron chi connectivity index (χ2n) is 3.98. The van der Waals surface area contributed by atoms with Gasteiger partial charge in [0.2, 0.25) is 0 Å². The molecule has 0 fully saturated rings. The van der Waals surface area contributed by atoms with Crippen LogP contribution in [0.1, 0.15) is 5.82 Å². The molecule has 5 nitrogen and oxygen atoms in total. The minimum atomic E-state index is 0.162. The first-order chi connectivity index (χ1) is 9.22. The number of aromatic nitrogens is 3. The lowest BCUT2D eigenvalue weighted by Gasteiger charge is -2.05. The van der Waals surface area contributed by atoms with Crippen LogP contribution in [-0.2, 0) is 6.61 Å². The number of phenols is 1. The van der Waals surface area contributed by atoms with Crippen molar-refractivity contribution in [2.45, 2.75) is 6.61 Å². The number of hydrogen-bond acceptors (Lipinski definition) is 4. The van der Waals surface area contributed by atoms with Crippen LogP contribution in [-0.4, -0.2) is 19.7 Å². The molecule has 0 unspecified atom stereocenters. The predicted molar refractivity (Wildman–Crippen MR) is 70.4 cm³/mol. The number of phenolic OH excluding ortho intramolecular Hbond substituents is 1. The highest BCUT2D eigenvalue weighted by atomic mass is 35.5. The highest BCUT2D eigenvalue weighted by molar-refractivity contribution is 6.30. The van der Waals surface area contributed by atoms with Gasteiger partial charge in [0.05, 0.1) is 0 Å². The average molecular weight is 276 g/mol. The van der Waals surface area contributed by atoms with Gasteiger partial charge in [0.15, 0.2) is 11.5 Å². The van der Waals surface area contributed by atoms with Crippen molar-refractivity contribution in [1.82, 2.24) is 14.6 Å². The van der Waals surface area contributed by atoms with Crippen molar-refractivity contribution in [3.05, 3.63) is 53.4 Å². The van der Waals surface area contributed by atoms with Crippen LogP contribution in [0, 0.1) is 0 Å². The first kappa shape index (κ1) is 11.8. The molecule has 0 saturated heterocycles. The molecule has 0 spiro atoms. The molecule has 1 aromatic carbocycles. The van der Waals surface area contributed by atoms with Crippen molar-refractivity contribution in [1.29, 1.82) is 0 Å². The first-order valence-electron chi connectivity index (χ1n) is 5.63. The molecule has 2 aromatic heterocycles. The van der Waals surface area contributed by atoms with Gasteiger partial charge in [-0.05, 0) is 18.2 Å². The summed E-state index contributed by atoms with van der Waals surface area (Å²) in [5, 5.41) is 18.0. The maximum Gasteiger partial charge on any atom is 0.175 e. The number of nitrogens with zero attached hydrogens (tertiary/aromatic N) is 3. The first-order valence-corrected chi connectivity index (χ1v) is 6.01. The third-order valence-electron chi connectivity index (χ3n) is 2.63. The standard InChI is InChI=1S/C13H10ClN3O2/c14-9-4-5-17-12(6-9)15-16-13(17)8-19-11-3-1-2-10(18)7-11/h1-7,18H,8H2. The average Bonchev–Trinajstić information content (AvgIpc) is 2.78. The summed E-state index contributed by atoms with van der Waals surface area (Å²) in [6.07, 6.45) is 1.79. The Kier molecular flexibility index (Phi) is 2.97. The van der Waals surface area contributed by atoms with E-state index in [1.54, 1.807) is 47.0 Å². The van der Waals surface area contributed by atoms with Crippen molar-refractivity contribution in [3.63, 3.8) is 0 Å². The number of rotatable bonds is 3. The molecule has 0 atom stereocenters. The molecule has 0 amide bonds. The summed E-state index contributed by atoms with van der Waals surface area (Å²) in [4.78, 5) is 0. The highest BCUT2D eigenvalue weighted by Crippen LogP contribution is 2.19. The number of benzene rings is 1. The van der Waals surface area contributed by atoms with E-state index in [1.165, 1.54) is 0 Å².